The molecule has 0 atom stereocenters. The summed E-state index contributed by atoms with van der Waals surface area (Å²) in [5.41, 5.74) is 2.95. The summed E-state index contributed by atoms with van der Waals surface area (Å²) in [6.45, 7) is 4.18. The molecule has 31 heavy (non-hydrogen) atoms. The quantitative estimate of drug-likeness (QED) is 0.491. The normalized spacial score (nSPS) is 13.9. The van der Waals surface area contributed by atoms with Gasteiger partial charge in [0.05, 0.1) is 11.3 Å². The van der Waals surface area contributed by atoms with Crippen molar-refractivity contribution >= 4 is 40.4 Å². The Labute approximate surface area is 185 Å². The molecule has 156 valence electrons. The number of rotatable bonds is 5. The van der Waals surface area contributed by atoms with Crippen molar-refractivity contribution in [3.05, 3.63) is 100 Å². The molecule has 0 saturated heterocycles. The van der Waals surface area contributed by atoms with Crippen LogP contribution in [0.2, 0.25) is 5.02 Å². The SMILES string of the molecule is CCN(C1=C(c2ccc(F)cc2)C(=O)N(c2ccc(Cl)cc2C)C1=O)c1ccccc1. The highest BCUT2D eigenvalue weighted by molar-refractivity contribution is 6.46. The third-order valence-electron chi connectivity index (χ3n) is 5.25. The average Bonchev–Trinajstić information content (AvgIpc) is 3.01. The Kier molecular flexibility index (Phi) is 5.61. The van der Waals surface area contributed by atoms with Crippen LogP contribution >= 0.6 is 11.6 Å². The molecule has 0 spiro atoms. The summed E-state index contributed by atoms with van der Waals surface area (Å²) in [6.07, 6.45) is 0. The second-order valence-corrected chi connectivity index (χ2v) is 7.62. The first-order valence-corrected chi connectivity index (χ1v) is 10.3. The first-order chi connectivity index (χ1) is 14.9. The zero-order chi connectivity index (χ0) is 22.1. The van der Waals surface area contributed by atoms with Crippen molar-refractivity contribution in [1.82, 2.24) is 0 Å². The van der Waals surface area contributed by atoms with Gasteiger partial charge in [0.2, 0.25) is 0 Å². The molecule has 0 radical (unpaired) electrons. The van der Waals surface area contributed by atoms with E-state index in [0.717, 1.165) is 5.69 Å². The van der Waals surface area contributed by atoms with Gasteiger partial charge < -0.3 is 4.90 Å². The smallest absolute Gasteiger partial charge is 0.282 e. The molecular weight excluding hydrogens is 415 g/mol. The van der Waals surface area contributed by atoms with Crippen molar-refractivity contribution in [1.29, 1.82) is 0 Å². The Morgan fingerprint density at radius 1 is 0.935 bits per heavy atom. The van der Waals surface area contributed by atoms with Crippen molar-refractivity contribution in [2.45, 2.75) is 13.8 Å². The molecule has 6 heteroatoms. The second kappa shape index (κ2) is 8.36. The molecule has 1 heterocycles. The van der Waals surface area contributed by atoms with E-state index in [-0.39, 0.29) is 11.3 Å². The molecule has 2 amide bonds. The summed E-state index contributed by atoms with van der Waals surface area (Å²) < 4.78 is 13.6. The summed E-state index contributed by atoms with van der Waals surface area (Å²) in [4.78, 5) is 30.3. The van der Waals surface area contributed by atoms with Crippen LogP contribution in [0.3, 0.4) is 0 Å². The van der Waals surface area contributed by atoms with Crippen molar-refractivity contribution in [3.63, 3.8) is 0 Å². The first kappa shape index (κ1) is 20.8. The van der Waals surface area contributed by atoms with Gasteiger partial charge in [0.15, 0.2) is 0 Å². The molecule has 3 aromatic carbocycles. The van der Waals surface area contributed by atoms with E-state index in [1.807, 2.05) is 42.2 Å². The van der Waals surface area contributed by atoms with Gasteiger partial charge >= 0.3 is 0 Å². The highest BCUT2D eigenvalue weighted by Crippen LogP contribution is 2.38. The Morgan fingerprint density at radius 2 is 1.61 bits per heavy atom. The maximum absolute atomic E-state index is 13.7. The number of nitrogens with zero attached hydrogens (tertiary/aromatic N) is 2. The summed E-state index contributed by atoms with van der Waals surface area (Å²) in [5.74, 6) is -1.30. The number of para-hydroxylation sites is 1. The number of carbonyl (C=O) groups is 2. The van der Waals surface area contributed by atoms with E-state index in [2.05, 4.69) is 0 Å². The third-order valence-corrected chi connectivity index (χ3v) is 5.48. The molecule has 3 aromatic rings. The van der Waals surface area contributed by atoms with Crippen molar-refractivity contribution in [3.8, 4) is 0 Å². The van der Waals surface area contributed by atoms with Crippen LogP contribution in [0.5, 0.6) is 0 Å². The topological polar surface area (TPSA) is 40.6 Å². The molecule has 0 bridgehead atoms. The van der Waals surface area contributed by atoms with Gasteiger partial charge in [-0.1, -0.05) is 41.9 Å². The van der Waals surface area contributed by atoms with E-state index >= 15 is 0 Å². The van der Waals surface area contributed by atoms with Crippen molar-refractivity contribution in [2.24, 2.45) is 0 Å². The lowest BCUT2D eigenvalue weighted by Crippen LogP contribution is -2.35. The monoisotopic (exact) mass is 434 g/mol. The lowest BCUT2D eigenvalue weighted by Gasteiger charge is -2.25. The van der Waals surface area contributed by atoms with Crippen LogP contribution in [0.25, 0.3) is 5.57 Å². The summed E-state index contributed by atoms with van der Waals surface area (Å²) >= 11 is 6.07. The number of anilines is 2. The predicted octanol–water partition coefficient (Wildman–Crippen LogP) is 5.60. The van der Waals surface area contributed by atoms with Crippen LogP contribution in [0.1, 0.15) is 18.1 Å². The molecule has 4 nitrogen and oxygen atoms in total. The van der Waals surface area contributed by atoms with Gasteiger partial charge in [0.25, 0.3) is 11.8 Å². The summed E-state index contributed by atoms with van der Waals surface area (Å²) in [7, 11) is 0. The standard InChI is InChI=1S/C25H20ClFN2O2/c1-3-28(20-7-5-4-6-8-20)23-22(17-9-12-19(27)13-10-17)24(30)29(25(23)31)21-14-11-18(26)15-16(21)2/h4-15H,3H2,1-2H3. The molecule has 0 N–H and O–H groups in total. The van der Waals surface area contributed by atoms with Gasteiger partial charge in [-0.3, -0.25) is 9.59 Å². The first-order valence-electron chi connectivity index (χ1n) is 9.90. The minimum absolute atomic E-state index is 0.241. The fourth-order valence-electron chi connectivity index (χ4n) is 3.81. The van der Waals surface area contributed by atoms with E-state index in [9.17, 15) is 14.0 Å². The zero-order valence-corrected chi connectivity index (χ0v) is 17.9. The minimum Gasteiger partial charge on any atom is -0.337 e. The molecule has 0 unspecified atom stereocenters. The molecule has 1 aliphatic heterocycles. The molecule has 0 aromatic heterocycles. The lowest BCUT2D eigenvalue weighted by atomic mass is 10.0. The van der Waals surface area contributed by atoms with Gasteiger partial charge in [0, 0.05) is 17.3 Å². The zero-order valence-electron chi connectivity index (χ0n) is 17.1. The Balaban J connectivity index is 1.92. The maximum Gasteiger partial charge on any atom is 0.282 e. The lowest BCUT2D eigenvalue weighted by molar-refractivity contribution is -0.120. The number of hydrogen-bond acceptors (Lipinski definition) is 3. The summed E-state index contributed by atoms with van der Waals surface area (Å²) in [5, 5.41) is 0.520. The summed E-state index contributed by atoms with van der Waals surface area (Å²) in [6, 6.07) is 20.0. The van der Waals surface area contributed by atoms with E-state index in [1.54, 1.807) is 25.1 Å². The molecular formula is C25H20ClFN2O2. The van der Waals surface area contributed by atoms with Crippen LogP contribution in [-0.2, 0) is 9.59 Å². The average molecular weight is 435 g/mol. The van der Waals surface area contributed by atoms with Crippen LogP contribution in [-0.4, -0.2) is 18.4 Å². The maximum atomic E-state index is 13.7. The highest BCUT2D eigenvalue weighted by atomic mass is 35.5. The van der Waals surface area contributed by atoms with Gasteiger partial charge in [-0.2, -0.15) is 0 Å². The third kappa shape index (κ3) is 3.73. The fourth-order valence-corrected chi connectivity index (χ4v) is 4.04. The number of hydrogen-bond donors (Lipinski definition) is 0. The number of likely N-dealkylation sites (N-methyl/N-ethyl adjacent to an activating group) is 1. The number of benzene rings is 3. The van der Waals surface area contributed by atoms with Gasteiger partial charge in [-0.05, 0) is 67.4 Å². The fraction of sp³-hybridized carbons (Fsp3) is 0.120. The predicted molar refractivity (Wildman–Crippen MR) is 121 cm³/mol. The molecule has 1 aliphatic rings. The number of amides is 2. The Morgan fingerprint density at radius 3 is 2.23 bits per heavy atom. The molecule has 0 saturated carbocycles. The van der Waals surface area contributed by atoms with Crippen LogP contribution < -0.4 is 9.80 Å². The highest BCUT2D eigenvalue weighted by Gasteiger charge is 2.43. The van der Waals surface area contributed by atoms with E-state index < -0.39 is 17.6 Å². The van der Waals surface area contributed by atoms with E-state index in [1.165, 1.54) is 29.2 Å². The van der Waals surface area contributed by atoms with Gasteiger partial charge in [0.1, 0.15) is 11.5 Å². The number of carbonyl (C=O) groups excluding carboxylic acids is 2. The molecule has 0 fully saturated rings. The molecule has 4 rings (SSSR count). The largest absolute Gasteiger partial charge is 0.337 e. The Bertz CT molecular complexity index is 1190. The van der Waals surface area contributed by atoms with Gasteiger partial charge in [-0.25, -0.2) is 9.29 Å². The van der Waals surface area contributed by atoms with E-state index in [0.29, 0.717) is 28.4 Å². The molecule has 0 aliphatic carbocycles. The van der Waals surface area contributed by atoms with Crippen LogP contribution in [0, 0.1) is 12.7 Å². The Hall–Kier alpha value is -3.44. The number of imide groups is 1. The number of halogens is 2. The minimum atomic E-state index is -0.452. The van der Waals surface area contributed by atoms with E-state index in [4.69, 9.17) is 11.6 Å². The number of aryl methyl sites for hydroxylation is 1. The van der Waals surface area contributed by atoms with Crippen molar-refractivity contribution < 1.29 is 14.0 Å². The van der Waals surface area contributed by atoms with Crippen LogP contribution in [0.4, 0.5) is 15.8 Å². The van der Waals surface area contributed by atoms with Gasteiger partial charge in [-0.15, -0.1) is 0 Å². The second-order valence-electron chi connectivity index (χ2n) is 7.19. The van der Waals surface area contributed by atoms with Crippen molar-refractivity contribution in [2.75, 3.05) is 16.3 Å². The van der Waals surface area contributed by atoms with Crippen LogP contribution in [0.15, 0.2) is 78.5 Å².